The zero-order valence-corrected chi connectivity index (χ0v) is 9.14. The first kappa shape index (κ1) is 11.5. The van der Waals surface area contributed by atoms with Crippen LogP contribution in [0, 0.1) is 11.8 Å². The molecule has 1 saturated heterocycles. The third kappa shape index (κ3) is 2.28. The van der Waals surface area contributed by atoms with Gasteiger partial charge in [0.05, 0.1) is 0 Å². The highest BCUT2D eigenvalue weighted by molar-refractivity contribution is 5.88. The number of rotatable bonds is 3. The van der Waals surface area contributed by atoms with E-state index in [1.165, 1.54) is 0 Å². The molecule has 0 aromatic carbocycles. The van der Waals surface area contributed by atoms with Gasteiger partial charge in [-0.25, -0.2) is 0 Å². The van der Waals surface area contributed by atoms with E-state index < -0.39 is 0 Å². The standard InChI is InChI=1S/C10H16N2O.ClH/c1-2-3-4-9(13)12-10-7-5-11-6-8(7)10;/h3-4,7-8,10-11H,2,5-6H2,1H3,(H,12,13);1H/b4-3+;. The fraction of sp³-hybridized carbons (Fsp3) is 0.700. The van der Waals surface area contributed by atoms with Crippen LogP contribution in [0.15, 0.2) is 12.2 Å². The van der Waals surface area contributed by atoms with Crippen molar-refractivity contribution >= 4 is 18.3 Å². The Labute approximate surface area is 90.7 Å². The maximum Gasteiger partial charge on any atom is 0.243 e. The van der Waals surface area contributed by atoms with E-state index >= 15 is 0 Å². The molecule has 2 aliphatic rings. The van der Waals surface area contributed by atoms with Gasteiger partial charge >= 0.3 is 0 Å². The molecule has 0 spiro atoms. The Kier molecular flexibility index (Phi) is 3.96. The summed E-state index contributed by atoms with van der Waals surface area (Å²) in [4.78, 5) is 11.3. The Morgan fingerprint density at radius 2 is 2.14 bits per heavy atom. The predicted molar refractivity (Wildman–Crippen MR) is 58.5 cm³/mol. The largest absolute Gasteiger partial charge is 0.349 e. The summed E-state index contributed by atoms with van der Waals surface area (Å²) in [6.45, 7) is 4.18. The summed E-state index contributed by atoms with van der Waals surface area (Å²) in [6.07, 6.45) is 4.46. The fourth-order valence-corrected chi connectivity index (χ4v) is 2.07. The number of carbonyl (C=O) groups excluding carboxylic acids is 1. The van der Waals surface area contributed by atoms with Crippen molar-refractivity contribution in [2.75, 3.05) is 13.1 Å². The van der Waals surface area contributed by atoms with Gasteiger partial charge in [0.25, 0.3) is 0 Å². The van der Waals surface area contributed by atoms with E-state index in [9.17, 15) is 4.79 Å². The Morgan fingerprint density at radius 3 is 2.71 bits per heavy atom. The summed E-state index contributed by atoms with van der Waals surface area (Å²) < 4.78 is 0. The molecule has 2 fully saturated rings. The van der Waals surface area contributed by atoms with Crippen LogP contribution in [0.3, 0.4) is 0 Å². The number of nitrogens with one attached hydrogen (secondary N) is 2. The van der Waals surface area contributed by atoms with Gasteiger partial charge in [0.15, 0.2) is 0 Å². The number of carbonyl (C=O) groups is 1. The van der Waals surface area contributed by atoms with Crippen LogP contribution in [0.4, 0.5) is 0 Å². The lowest BCUT2D eigenvalue weighted by molar-refractivity contribution is -0.116. The maximum atomic E-state index is 11.3. The molecule has 1 aliphatic carbocycles. The van der Waals surface area contributed by atoms with Crippen LogP contribution in [0.1, 0.15) is 13.3 Å². The highest BCUT2D eigenvalue weighted by Crippen LogP contribution is 2.41. The first-order chi connectivity index (χ1) is 6.33. The summed E-state index contributed by atoms with van der Waals surface area (Å²) in [6, 6.07) is 0.454. The Balaban J connectivity index is 0.000000980. The van der Waals surface area contributed by atoms with Gasteiger partial charge in [0.1, 0.15) is 0 Å². The molecule has 2 rings (SSSR count). The van der Waals surface area contributed by atoms with Crippen LogP contribution in [0.5, 0.6) is 0 Å². The van der Waals surface area contributed by atoms with Gasteiger partial charge in [-0.2, -0.15) is 0 Å². The molecule has 0 radical (unpaired) electrons. The average Bonchev–Trinajstić information content (AvgIpc) is 2.63. The normalized spacial score (nSPS) is 33.6. The number of amides is 1. The summed E-state index contributed by atoms with van der Waals surface area (Å²) >= 11 is 0. The number of halogens is 1. The van der Waals surface area contributed by atoms with E-state index in [2.05, 4.69) is 10.6 Å². The molecule has 1 heterocycles. The topological polar surface area (TPSA) is 41.1 Å². The van der Waals surface area contributed by atoms with Gasteiger partial charge in [-0.3, -0.25) is 4.79 Å². The van der Waals surface area contributed by atoms with Gasteiger partial charge in [0, 0.05) is 19.1 Å². The van der Waals surface area contributed by atoms with E-state index in [-0.39, 0.29) is 18.3 Å². The van der Waals surface area contributed by atoms with Crippen LogP contribution >= 0.6 is 12.4 Å². The van der Waals surface area contributed by atoms with Crippen LogP contribution < -0.4 is 10.6 Å². The molecule has 2 unspecified atom stereocenters. The van der Waals surface area contributed by atoms with Crippen molar-refractivity contribution < 1.29 is 4.79 Å². The molecule has 1 aliphatic heterocycles. The predicted octanol–water partition coefficient (Wildman–Crippen LogP) is 0.708. The van der Waals surface area contributed by atoms with E-state index in [1.54, 1.807) is 6.08 Å². The van der Waals surface area contributed by atoms with E-state index in [0.717, 1.165) is 19.5 Å². The van der Waals surface area contributed by atoms with Gasteiger partial charge in [0.2, 0.25) is 5.91 Å². The van der Waals surface area contributed by atoms with Crippen LogP contribution in [0.2, 0.25) is 0 Å². The van der Waals surface area contributed by atoms with Gasteiger partial charge < -0.3 is 10.6 Å². The molecule has 0 aromatic heterocycles. The molecule has 0 aromatic rings. The zero-order chi connectivity index (χ0) is 9.26. The van der Waals surface area contributed by atoms with Gasteiger partial charge in [-0.15, -0.1) is 12.4 Å². The van der Waals surface area contributed by atoms with Crippen molar-refractivity contribution in [2.24, 2.45) is 11.8 Å². The third-order valence-electron chi connectivity index (χ3n) is 2.91. The van der Waals surface area contributed by atoms with Crippen LogP contribution in [-0.4, -0.2) is 25.0 Å². The van der Waals surface area contributed by atoms with Crippen molar-refractivity contribution in [1.82, 2.24) is 10.6 Å². The molecule has 4 heteroatoms. The van der Waals surface area contributed by atoms with Crippen molar-refractivity contribution in [2.45, 2.75) is 19.4 Å². The second kappa shape index (κ2) is 4.80. The first-order valence-electron chi connectivity index (χ1n) is 5.00. The van der Waals surface area contributed by atoms with Crippen molar-refractivity contribution in [3.8, 4) is 0 Å². The fourth-order valence-electron chi connectivity index (χ4n) is 2.07. The smallest absolute Gasteiger partial charge is 0.243 e. The Morgan fingerprint density at radius 1 is 1.50 bits per heavy atom. The minimum Gasteiger partial charge on any atom is -0.349 e. The molecule has 2 atom stereocenters. The van der Waals surface area contributed by atoms with Crippen LogP contribution in [-0.2, 0) is 4.79 Å². The van der Waals surface area contributed by atoms with E-state index in [4.69, 9.17) is 0 Å². The Hall–Kier alpha value is -0.540. The quantitative estimate of drug-likeness (QED) is 0.683. The molecule has 0 bridgehead atoms. The maximum absolute atomic E-state index is 11.3. The molecule has 3 nitrogen and oxygen atoms in total. The second-order valence-corrected chi connectivity index (χ2v) is 3.83. The lowest BCUT2D eigenvalue weighted by Gasteiger charge is -2.04. The van der Waals surface area contributed by atoms with Crippen molar-refractivity contribution in [1.29, 1.82) is 0 Å². The van der Waals surface area contributed by atoms with Crippen LogP contribution in [0.25, 0.3) is 0 Å². The third-order valence-corrected chi connectivity index (χ3v) is 2.91. The van der Waals surface area contributed by atoms with Gasteiger partial charge in [-0.1, -0.05) is 13.0 Å². The summed E-state index contributed by atoms with van der Waals surface area (Å²) in [7, 11) is 0. The number of allylic oxidation sites excluding steroid dienone is 1. The molecular formula is C10H17ClN2O. The van der Waals surface area contributed by atoms with E-state index in [0.29, 0.717) is 17.9 Å². The summed E-state index contributed by atoms with van der Waals surface area (Å²) in [5.74, 6) is 1.49. The lowest BCUT2D eigenvalue weighted by Crippen LogP contribution is -2.31. The number of piperidine rings is 1. The first-order valence-corrected chi connectivity index (χ1v) is 5.00. The second-order valence-electron chi connectivity index (χ2n) is 3.83. The van der Waals surface area contributed by atoms with Gasteiger partial charge in [-0.05, 0) is 24.3 Å². The highest BCUT2D eigenvalue weighted by Gasteiger charge is 2.53. The monoisotopic (exact) mass is 216 g/mol. The number of fused-ring (bicyclic) bond motifs is 1. The number of hydrogen-bond donors (Lipinski definition) is 2. The summed E-state index contributed by atoms with van der Waals surface area (Å²) in [5.41, 5.74) is 0. The highest BCUT2D eigenvalue weighted by atomic mass is 35.5. The van der Waals surface area contributed by atoms with Crippen molar-refractivity contribution in [3.63, 3.8) is 0 Å². The molecule has 1 saturated carbocycles. The minimum absolute atomic E-state index is 0. The molecule has 80 valence electrons. The Bertz CT molecular complexity index is 232. The summed E-state index contributed by atoms with van der Waals surface area (Å²) in [5, 5.41) is 6.32. The van der Waals surface area contributed by atoms with E-state index in [1.807, 2.05) is 13.0 Å². The van der Waals surface area contributed by atoms with Crippen molar-refractivity contribution in [3.05, 3.63) is 12.2 Å². The SMILES string of the molecule is CC/C=C/C(=O)NC1C2CNCC21.Cl. The number of hydrogen-bond acceptors (Lipinski definition) is 2. The molecule has 2 N–H and O–H groups in total. The zero-order valence-electron chi connectivity index (χ0n) is 8.32. The molecular weight excluding hydrogens is 200 g/mol. The minimum atomic E-state index is 0. The average molecular weight is 217 g/mol. The molecule has 14 heavy (non-hydrogen) atoms. The molecule has 1 amide bonds. The lowest BCUT2D eigenvalue weighted by atomic mass is 10.3.